The second kappa shape index (κ2) is 26.4. The molecular weight excluding hydrogens is 923 g/mol. The van der Waals surface area contributed by atoms with Gasteiger partial charge in [-0.3, -0.25) is 24.1 Å². The second-order valence-corrected chi connectivity index (χ2v) is 17.2. The molecule has 0 radical (unpaired) electrons. The predicted molar refractivity (Wildman–Crippen MR) is 251 cm³/mol. The Morgan fingerprint density at radius 1 is 0.690 bits per heavy atom. The molecular formula is C53H63NO17. The molecule has 2 fully saturated rings. The number of ether oxygens (including phenoxy) is 11. The van der Waals surface area contributed by atoms with Crippen molar-refractivity contribution in [2.75, 3.05) is 27.4 Å². The Bertz CT molecular complexity index is 2270. The molecule has 382 valence electrons. The van der Waals surface area contributed by atoms with Crippen LogP contribution in [-0.2, 0) is 102 Å². The monoisotopic (exact) mass is 985 g/mol. The topological polar surface area (TPSA) is 210 Å². The quantitative estimate of drug-likeness (QED) is 0.0766. The van der Waals surface area contributed by atoms with E-state index in [1.54, 1.807) is 0 Å². The smallest absolute Gasteiger partial charge is 0.366 e. The van der Waals surface area contributed by atoms with Crippen LogP contribution in [0.2, 0.25) is 0 Å². The molecule has 18 nitrogen and oxygen atoms in total. The first-order valence-corrected chi connectivity index (χ1v) is 23.2. The molecule has 4 aromatic rings. The Balaban J connectivity index is 1.53. The summed E-state index contributed by atoms with van der Waals surface area (Å²) in [6.45, 7) is 4.16. The van der Waals surface area contributed by atoms with Gasteiger partial charge in [-0.05, 0) is 22.3 Å². The third-order valence-corrected chi connectivity index (χ3v) is 11.8. The zero-order valence-corrected chi connectivity index (χ0v) is 40.7. The van der Waals surface area contributed by atoms with E-state index in [1.807, 2.05) is 126 Å². The number of aliphatic hydroxyl groups excluding tert-OH is 1. The molecule has 0 spiro atoms. The number of hydrogen-bond acceptors (Lipinski definition) is 18. The van der Waals surface area contributed by atoms with Gasteiger partial charge in [-0.25, -0.2) is 4.79 Å². The summed E-state index contributed by atoms with van der Waals surface area (Å²) in [6, 6.07) is 36.0. The van der Waals surface area contributed by atoms with Gasteiger partial charge in [0.25, 0.3) is 5.79 Å². The summed E-state index contributed by atoms with van der Waals surface area (Å²) in [5, 5.41) is 12.4. The van der Waals surface area contributed by atoms with Gasteiger partial charge in [-0.2, -0.15) is 0 Å². The van der Waals surface area contributed by atoms with Crippen LogP contribution in [0.5, 0.6) is 0 Å². The van der Waals surface area contributed by atoms with Crippen molar-refractivity contribution in [3.8, 4) is 0 Å². The molecule has 0 saturated carbocycles. The van der Waals surface area contributed by atoms with Crippen molar-refractivity contribution in [2.45, 2.75) is 127 Å². The number of benzene rings is 4. The molecule has 2 saturated heterocycles. The van der Waals surface area contributed by atoms with E-state index in [9.17, 15) is 29.1 Å². The minimum atomic E-state index is -2.66. The first-order valence-electron chi connectivity index (χ1n) is 23.2. The molecule has 2 aliphatic heterocycles. The van der Waals surface area contributed by atoms with Gasteiger partial charge < -0.3 is 57.2 Å². The fraction of sp³-hybridized carbons (Fsp3) is 0.453. The lowest BCUT2D eigenvalue weighted by molar-refractivity contribution is -0.377. The lowest BCUT2D eigenvalue weighted by Crippen LogP contribution is -2.71. The van der Waals surface area contributed by atoms with E-state index in [0.29, 0.717) is 0 Å². The number of methoxy groups -OCH3 is 2. The van der Waals surface area contributed by atoms with Gasteiger partial charge in [-0.1, -0.05) is 121 Å². The molecule has 0 amide bonds. The summed E-state index contributed by atoms with van der Waals surface area (Å²) in [7, 11) is 2.46. The summed E-state index contributed by atoms with van der Waals surface area (Å²) < 4.78 is 67.5. The molecule has 71 heavy (non-hydrogen) atoms. The number of carbonyl (C=O) groups is 5. The molecule has 18 heteroatoms. The highest BCUT2D eigenvalue weighted by molar-refractivity contribution is 5.78. The van der Waals surface area contributed by atoms with Crippen molar-refractivity contribution in [2.24, 2.45) is 0 Å². The summed E-state index contributed by atoms with van der Waals surface area (Å²) >= 11 is 0. The maximum Gasteiger partial charge on any atom is 0.366 e. The van der Waals surface area contributed by atoms with Crippen molar-refractivity contribution >= 4 is 29.8 Å². The Morgan fingerprint density at radius 2 is 1.23 bits per heavy atom. The molecule has 0 unspecified atom stereocenters. The van der Waals surface area contributed by atoms with Crippen LogP contribution in [0.4, 0.5) is 0 Å². The van der Waals surface area contributed by atoms with E-state index in [-0.39, 0.29) is 32.9 Å². The van der Waals surface area contributed by atoms with Crippen molar-refractivity contribution in [1.29, 1.82) is 0 Å². The van der Waals surface area contributed by atoms with Gasteiger partial charge in [-0.15, -0.1) is 0 Å². The molecule has 0 bridgehead atoms. The van der Waals surface area contributed by atoms with E-state index < -0.39 is 110 Å². The largest absolute Gasteiger partial charge is 0.465 e. The summed E-state index contributed by atoms with van der Waals surface area (Å²) in [6.07, 6.45) is -13.9. The average molecular weight is 986 g/mol. The fourth-order valence-electron chi connectivity index (χ4n) is 8.81. The summed E-state index contributed by atoms with van der Waals surface area (Å²) in [5.41, 5.74) is 3.20. The van der Waals surface area contributed by atoms with Crippen LogP contribution in [0.15, 0.2) is 121 Å². The Labute approximate surface area is 413 Å². The summed E-state index contributed by atoms with van der Waals surface area (Å²) in [4.78, 5) is 68.8. The zero-order valence-electron chi connectivity index (χ0n) is 40.7. The Morgan fingerprint density at radius 3 is 1.72 bits per heavy atom. The number of carbonyl (C=O) groups excluding carboxylic acids is 5. The Hall–Kier alpha value is -6.09. The van der Waals surface area contributed by atoms with Crippen LogP contribution in [0, 0.1) is 0 Å². The predicted octanol–water partition coefficient (Wildman–Crippen LogP) is 4.99. The number of aliphatic hydroxyl groups is 1. The average Bonchev–Trinajstić information content (AvgIpc) is 3.35. The first-order chi connectivity index (χ1) is 34.2. The first kappa shape index (κ1) is 54.2. The third-order valence-electron chi connectivity index (χ3n) is 11.8. The molecule has 11 atom stereocenters. The highest BCUT2D eigenvalue weighted by Gasteiger charge is 2.63. The van der Waals surface area contributed by atoms with Crippen LogP contribution in [-0.4, -0.2) is 134 Å². The van der Waals surface area contributed by atoms with E-state index in [0.717, 1.165) is 50.1 Å². The molecule has 2 heterocycles. The van der Waals surface area contributed by atoms with Gasteiger partial charge in [0.15, 0.2) is 18.5 Å². The molecule has 6 rings (SSSR count). The second-order valence-electron chi connectivity index (χ2n) is 17.2. The molecule has 0 aliphatic carbocycles. The van der Waals surface area contributed by atoms with Crippen LogP contribution >= 0.6 is 0 Å². The summed E-state index contributed by atoms with van der Waals surface area (Å²) in [5.74, 6) is -7.08. The van der Waals surface area contributed by atoms with Gasteiger partial charge in [0.05, 0.1) is 39.4 Å². The standard InChI is InChI=1S/C53H63NO17/c1-34(55)64-33-44(67-36(3)57)47(68-37(4)58)48-45(54(28-38-19-11-7-12-20-38)29-39-21-13-8-14-22-39)42(66-35(2)56)27-53(70-48,52(60)62-6)71-49-46(59)43(32-63-30-40-23-15-9-16-24-40)69-51(61-5)50(49)65-31-41-25-17-10-18-26-41/h7-26,42-51,59H,27-33H2,1-6H3/t42-,43+,44+,45+,46-,47+,48+,49-,50+,51+,53+/m0/s1. The van der Waals surface area contributed by atoms with E-state index >= 15 is 0 Å². The minimum absolute atomic E-state index is 0.0357. The zero-order chi connectivity index (χ0) is 50.9. The molecule has 2 aliphatic rings. The van der Waals surface area contributed by atoms with E-state index in [4.69, 9.17) is 52.1 Å². The van der Waals surface area contributed by atoms with Crippen molar-refractivity contribution < 1.29 is 81.2 Å². The Kier molecular flexibility index (Phi) is 20.2. The number of nitrogens with zero attached hydrogens (tertiary/aromatic N) is 1. The van der Waals surface area contributed by atoms with Gasteiger partial charge in [0.1, 0.15) is 43.2 Å². The van der Waals surface area contributed by atoms with Crippen LogP contribution in [0.25, 0.3) is 0 Å². The number of esters is 5. The lowest BCUT2D eigenvalue weighted by atomic mass is 9.86. The van der Waals surface area contributed by atoms with Crippen molar-refractivity contribution in [1.82, 2.24) is 4.90 Å². The van der Waals surface area contributed by atoms with Crippen LogP contribution in [0.3, 0.4) is 0 Å². The fourth-order valence-corrected chi connectivity index (χ4v) is 8.81. The number of hydrogen-bond donors (Lipinski definition) is 1. The maximum atomic E-state index is 14.9. The van der Waals surface area contributed by atoms with Crippen LogP contribution in [0.1, 0.15) is 56.4 Å². The van der Waals surface area contributed by atoms with Gasteiger partial charge >= 0.3 is 29.8 Å². The van der Waals surface area contributed by atoms with Gasteiger partial charge in [0, 0.05) is 47.9 Å². The SMILES string of the molecule is COC(=O)[C@]1(O[C@H]2[C@@H](O)[C@@H](COCc3ccccc3)O[C@@H](OC)[C@@H]2OCc2ccccc2)C[C@H](OC(C)=O)[C@@H](N(Cc2ccccc2)Cc2ccccc2)[C@H]([C@H](OC(C)=O)[C@@H](COC(C)=O)OC(C)=O)O1. The normalized spacial score (nSPS) is 25.0. The van der Waals surface area contributed by atoms with Crippen molar-refractivity contribution in [3.63, 3.8) is 0 Å². The minimum Gasteiger partial charge on any atom is -0.465 e. The molecule has 4 aromatic carbocycles. The van der Waals surface area contributed by atoms with Gasteiger partial charge in [0.2, 0.25) is 0 Å². The van der Waals surface area contributed by atoms with Crippen LogP contribution < -0.4 is 0 Å². The third kappa shape index (κ3) is 15.2. The molecule has 0 aromatic heterocycles. The molecule has 1 N–H and O–H groups in total. The van der Waals surface area contributed by atoms with E-state index in [2.05, 4.69) is 0 Å². The lowest BCUT2D eigenvalue weighted by Gasteiger charge is -2.53. The maximum absolute atomic E-state index is 14.9. The highest BCUT2D eigenvalue weighted by atomic mass is 16.8. The highest BCUT2D eigenvalue weighted by Crippen LogP contribution is 2.43. The number of rotatable bonds is 23. The van der Waals surface area contributed by atoms with E-state index in [1.165, 1.54) is 14.0 Å². The van der Waals surface area contributed by atoms with Crippen molar-refractivity contribution in [3.05, 3.63) is 144 Å².